The van der Waals surface area contributed by atoms with Crippen molar-refractivity contribution >= 4 is 34.4 Å². The molecule has 9 heteroatoms. The van der Waals surface area contributed by atoms with Gasteiger partial charge in [0.15, 0.2) is 5.58 Å². The molecule has 2 heterocycles. The summed E-state index contributed by atoms with van der Waals surface area (Å²) in [6, 6.07) is 10.5. The minimum absolute atomic E-state index is 0.169. The maximum absolute atomic E-state index is 12.7. The van der Waals surface area contributed by atoms with Crippen molar-refractivity contribution < 1.29 is 18.7 Å². The molecule has 3 aromatic rings. The second-order valence-electron chi connectivity index (χ2n) is 6.98. The smallest absolute Gasteiger partial charge is 0.322 e. The normalized spacial score (nSPS) is 14.7. The van der Waals surface area contributed by atoms with E-state index in [0.29, 0.717) is 53.3 Å². The summed E-state index contributed by atoms with van der Waals surface area (Å²) in [6.07, 6.45) is 0. The zero-order valence-corrected chi connectivity index (χ0v) is 17.6. The van der Waals surface area contributed by atoms with Gasteiger partial charge >= 0.3 is 6.03 Å². The molecule has 1 aromatic heterocycles. The first-order valence-corrected chi connectivity index (χ1v) is 9.99. The number of rotatable bonds is 5. The number of nitrogens with zero attached hydrogens (tertiary/aromatic N) is 3. The van der Waals surface area contributed by atoms with Gasteiger partial charge in [0.25, 0.3) is 0 Å². The van der Waals surface area contributed by atoms with Gasteiger partial charge in [0, 0.05) is 43.3 Å². The molecule has 0 unspecified atom stereocenters. The molecule has 0 atom stereocenters. The van der Waals surface area contributed by atoms with Crippen LogP contribution in [0.25, 0.3) is 11.1 Å². The lowest BCUT2D eigenvalue weighted by Gasteiger charge is -2.34. The Morgan fingerprint density at radius 1 is 1.13 bits per heavy atom. The molecule has 2 aromatic carbocycles. The monoisotopic (exact) mass is 430 g/mol. The van der Waals surface area contributed by atoms with Crippen LogP contribution < -0.4 is 14.8 Å². The van der Waals surface area contributed by atoms with E-state index in [0.717, 1.165) is 18.6 Å². The van der Waals surface area contributed by atoms with Crippen LogP contribution in [0.1, 0.15) is 5.89 Å². The first-order chi connectivity index (χ1) is 14.6. The highest BCUT2D eigenvalue weighted by molar-refractivity contribution is 6.31. The summed E-state index contributed by atoms with van der Waals surface area (Å²) in [6.45, 7) is 3.24. The lowest BCUT2D eigenvalue weighted by atomic mass is 10.2. The number of ether oxygens (including phenoxy) is 2. The molecule has 1 aliphatic heterocycles. The summed E-state index contributed by atoms with van der Waals surface area (Å²) in [7, 11) is 3.15. The number of fused-ring (bicyclic) bond motifs is 1. The summed E-state index contributed by atoms with van der Waals surface area (Å²) in [4.78, 5) is 21.2. The molecule has 0 radical (unpaired) electrons. The number of aromatic nitrogens is 1. The number of benzene rings is 2. The molecule has 0 bridgehead atoms. The molecule has 0 saturated carbocycles. The highest BCUT2D eigenvalue weighted by Gasteiger charge is 2.23. The van der Waals surface area contributed by atoms with Crippen molar-refractivity contribution in [2.45, 2.75) is 6.54 Å². The molecular weight excluding hydrogens is 408 g/mol. The van der Waals surface area contributed by atoms with Crippen LogP contribution in [0.4, 0.5) is 10.5 Å². The average molecular weight is 431 g/mol. The number of urea groups is 1. The van der Waals surface area contributed by atoms with E-state index in [1.165, 1.54) is 0 Å². The molecule has 1 aliphatic rings. The maximum atomic E-state index is 12.7. The maximum Gasteiger partial charge on any atom is 0.322 e. The van der Waals surface area contributed by atoms with E-state index in [4.69, 9.17) is 25.5 Å². The standard InChI is InChI=1S/C21H23ClN4O4/c1-28-15-4-6-18(29-2)17(12-15)24-21(27)26-9-7-25(8-10-26)13-20-23-16-5-3-14(22)11-19(16)30-20/h3-6,11-12H,7-10,13H2,1-2H3,(H,24,27). The van der Waals surface area contributed by atoms with E-state index >= 15 is 0 Å². The number of hydrogen-bond acceptors (Lipinski definition) is 6. The van der Waals surface area contributed by atoms with Gasteiger partial charge in [-0.05, 0) is 24.3 Å². The fourth-order valence-electron chi connectivity index (χ4n) is 3.42. The Labute approximate surface area is 179 Å². The third-order valence-electron chi connectivity index (χ3n) is 5.06. The molecule has 1 fully saturated rings. The molecule has 2 amide bonds. The zero-order valence-electron chi connectivity index (χ0n) is 16.9. The van der Waals surface area contributed by atoms with Gasteiger partial charge in [0.1, 0.15) is 17.0 Å². The predicted octanol–water partition coefficient (Wildman–Crippen LogP) is 3.85. The van der Waals surface area contributed by atoms with Gasteiger partial charge in [-0.25, -0.2) is 9.78 Å². The topological polar surface area (TPSA) is 80.1 Å². The molecular formula is C21H23ClN4O4. The van der Waals surface area contributed by atoms with Gasteiger partial charge in [0.2, 0.25) is 5.89 Å². The van der Waals surface area contributed by atoms with Gasteiger partial charge in [-0.1, -0.05) is 11.6 Å². The van der Waals surface area contributed by atoms with Crippen LogP contribution in [0, 0.1) is 0 Å². The van der Waals surface area contributed by atoms with Crippen molar-refractivity contribution in [2.24, 2.45) is 0 Å². The lowest BCUT2D eigenvalue weighted by molar-refractivity contribution is 0.136. The first-order valence-electron chi connectivity index (χ1n) is 9.61. The van der Waals surface area contributed by atoms with E-state index in [2.05, 4.69) is 15.2 Å². The molecule has 0 spiro atoms. The summed E-state index contributed by atoms with van der Waals surface area (Å²) in [5.41, 5.74) is 2.05. The quantitative estimate of drug-likeness (QED) is 0.662. The Morgan fingerprint density at radius 3 is 2.67 bits per heavy atom. The van der Waals surface area contributed by atoms with Crippen LogP contribution in [0.15, 0.2) is 40.8 Å². The van der Waals surface area contributed by atoms with E-state index in [1.807, 2.05) is 6.07 Å². The van der Waals surface area contributed by atoms with Crippen LogP contribution in [-0.4, -0.2) is 61.2 Å². The average Bonchev–Trinajstić information content (AvgIpc) is 3.15. The van der Waals surface area contributed by atoms with Gasteiger partial charge in [-0.15, -0.1) is 0 Å². The number of piperazine rings is 1. The second-order valence-corrected chi connectivity index (χ2v) is 7.42. The van der Waals surface area contributed by atoms with E-state index in [-0.39, 0.29) is 6.03 Å². The first kappa shape index (κ1) is 20.3. The number of carbonyl (C=O) groups excluding carboxylic acids is 1. The third kappa shape index (κ3) is 4.44. The summed E-state index contributed by atoms with van der Waals surface area (Å²) in [5.74, 6) is 1.88. The molecule has 8 nitrogen and oxygen atoms in total. The number of halogens is 1. The minimum Gasteiger partial charge on any atom is -0.497 e. The Balaban J connectivity index is 1.34. The van der Waals surface area contributed by atoms with Crippen molar-refractivity contribution in [3.63, 3.8) is 0 Å². The SMILES string of the molecule is COc1ccc(OC)c(NC(=O)N2CCN(Cc3nc4ccc(Cl)cc4o3)CC2)c1. The van der Waals surface area contributed by atoms with Gasteiger partial charge in [0.05, 0.1) is 26.5 Å². The molecule has 0 aliphatic carbocycles. The largest absolute Gasteiger partial charge is 0.497 e. The predicted molar refractivity (Wildman–Crippen MR) is 114 cm³/mol. The minimum atomic E-state index is -0.169. The van der Waals surface area contributed by atoms with Crippen molar-refractivity contribution in [2.75, 3.05) is 45.7 Å². The van der Waals surface area contributed by atoms with E-state index < -0.39 is 0 Å². The van der Waals surface area contributed by atoms with Crippen LogP contribution in [0.3, 0.4) is 0 Å². The number of oxazole rings is 1. The van der Waals surface area contributed by atoms with Gasteiger partial charge in [-0.3, -0.25) is 4.90 Å². The van der Waals surface area contributed by atoms with Crippen molar-refractivity contribution in [1.29, 1.82) is 0 Å². The third-order valence-corrected chi connectivity index (χ3v) is 5.30. The van der Waals surface area contributed by atoms with E-state index in [9.17, 15) is 4.79 Å². The highest BCUT2D eigenvalue weighted by Crippen LogP contribution is 2.29. The molecule has 4 rings (SSSR count). The second kappa shape index (κ2) is 8.81. The number of hydrogen-bond donors (Lipinski definition) is 1. The Bertz CT molecular complexity index is 1050. The molecule has 1 saturated heterocycles. The van der Waals surface area contributed by atoms with Crippen molar-refractivity contribution in [3.8, 4) is 11.5 Å². The summed E-state index contributed by atoms with van der Waals surface area (Å²) >= 11 is 6.00. The summed E-state index contributed by atoms with van der Waals surface area (Å²) < 4.78 is 16.4. The number of amides is 2. The van der Waals surface area contributed by atoms with Crippen molar-refractivity contribution in [1.82, 2.24) is 14.8 Å². The van der Waals surface area contributed by atoms with Crippen LogP contribution >= 0.6 is 11.6 Å². The van der Waals surface area contributed by atoms with Gasteiger partial charge in [-0.2, -0.15) is 0 Å². The van der Waals surface area contributed by atoms with Crippen molar-refractivity contribution in [3.05, 3.63) is 47.3 Å². The van der Waals surface area contributed by atoms with E-state index in [1.54, 1.807) is 49.5 Å². The molecule has 30 heavy (non-hydrogen) atoms. The highest BCUT2D eigenvalue weighted by atomic mass is 35.5. The Morgan fingerprint density at radius 2 is 1.93 bits per heavy atom. The lowest BCUT2D eigenvalue weighted by Crippen LogP contribution is -2.49. The fourth-order valence-corrected chi connectivity index (χ4v) is 3.58. The fraction of sp³-hybridized carbons (Fsp3) is 0.333. The summed E-state index contributed by atoms with van der Waals surface area (Å²) in [5, 5.41) is 3.54. The number of nitrogens with one attached hydrogen (secondary N) is 1. The number of carbonyl (C=O) groups is 1. The molecule has 158 valence electrons. The van der Waals surface area contributed by atoms with Gasteiger partial charge < -0.3 is 24.1 Å². The van der Waals surface area contributed by atoms with Crippen LogP contribution in [0.2, 0.25) is 5.02 Å². The zero-order chi connectivity index (χ0) is 21.1. The Hall–Kier alpha value is -2.97. The Kier molecular flexibility index (Phi) is 5.96. The van der Waals surface area contributed by atoms with Crippen LogP contribution in [0.5, 0.6) is 11.5 Å². The number of methoxy groups -OCH3 is 2. The van der Waals surface area contributed by atoms with Crippen LogP contribution in [-0.2, 0) is 6.54 Å². The molecule has 1 N–H and O–H groups in total. The number of anilines is 1.